The number of anilines is 3. The molecule has 88 heavy (non-hydrogen) atoms. The molecule has 0 atom stereocenters. The predicted octanol–water partition coefficient (Wildman–Crippen LogP) is 22.4. The van der Waals surface area contributed by atoms with Crippen LogP contribution in [0.2, 0.25) is 0 Å². The molecule has 0 aliphatic heterocycles. The van der Waals surface area contributed by atoms with Crippen molar-refractivity contribution in [2.75, 3.05) is 4.90 Å². The lowest BCUT2D eigenvalue weighted by atomic mass is 9.70. The SMILES string of the molecule is c1ccc(-c2ccc(-n3c4ccccc4c4cccc(N(c5cc(-c6ccccc6)cc(-c6ccc7c(c6)c6c8c(ccc6n7-c6ccccc6)C6(c7ccccc7-c7ccccc76)c6ccccc6-8)c5)c5ccccc5-c5ccccc5)c43)cc2)cc1. The first-order valence-corrected chi connectivity index (χ1v) is 30.5. The van der Waals surface area contributed by atoms with Crippen LogP contribution in [0.5, 0.6) is 0 Å². The number of benzene rings is 14. The summed E-state index contributed by atoms with van der Waals surface area (Å²) in [5.74, 6) is 0. The predicted molar refractivity (Wildman–Crippen MR) is 368 cm³/mol. The van der Waals surface area contributed by atoms with E-state index in [1.165, 1.54) is 82.7 Å². The summed E-state index contributed by atoms with van der Waals surface area (Å²) in [6, 6.07) is 124. The third-order valence-electron chi connectivity index (χ3n) is 18.9. The Morgan fingerprint density at radius 2 is 0.727 bits per heavy atom. The van der Waals surface area contributed by atoms with Crippen molar-refractivity contribution in [1.29, 1.82) is 0 Å². The fourth-order valence-electron chi connectivity index (χ4n) is 15.3. The van der Waals surface area contributed by atoms with E-state index in [9.17, 15) is 0 Å². The number of hydrogen-bond acceptors (Lipinski definition) is 1. The van der Waals surface area contributed by atoms with Gasteiger partial charge in [0.1, 0.15) is 0 Å². The van der Waals surface area contributed by atoms with E-state index in [4.69, 9.17) is 0 Å². The quantitative estimate of drug-likeness (QED) is 0.140. The first-order chi connectivity index (χ1) is 43.7. The second kappa shape index (κ2) is 19.8. The van der Waals surface area contributed by atoms with Crippen LogP contribution in [0.3, 0.4) is 0 Å². The molecule has 0 saturated heterocycles. The highest BCUT2D eigenvalue weighted by atomic mass is 15.2. The number of nitrogens with zero attached hydrogens (tertiary/aromatic N) is 3. The van der Waals surface area contributed by atoms with Crippen molar-refractivity contribution in [3.05, 3.63) is 356 Å². The summed E-state index contributed by atoms with van der Waals surface area (Å²) in [6.45, 7) is 0. The van der Waals surface area contributed by atoms with Crippen LogP contribution in [0.1, 0.15) is 22.3 Å². The molecular formula is C85H55N3. The molecule has 0 unspecified atom stereocenters. The minimum atomic E-state index is -0.481. The molecule has 2 aliphatic rings. The molecule has 1 spiro atoms. The van der Waals surface area contributed by atoms with Gasteiger partial charge in [-0.05, 0) is 162 Å². The second-order valence-electron chi connectivity index (χ2n) is 23.5. The monoisotopic (exact) mass is 1120 g/mol. The van der Waals surface area contributed by atoms with Crippen LogP contribution in [0.4, 0.5) is 17.1 Å². The summed E-state index contributed by atoms with van der Waals surface area (Å²) < 4.78 is 4.97. The van der Waals surface area contributed by atoms with Crippen LogP contribution in [-0.2, 0) is 5.41 Å². The zero-order valence-electron chi connectivity index (χ0n) is 48.1. The Morgan fingerprint density at radius 3 is 1.42 bits per heavy atom. The van der Waals surface area contributed by atoms with Crippen molar-refractivity contribution in [2.24, 2.45) is 0 Å². The lowest BCUT2D eigenvalue weighted by molar-refractivity contribution is 0.794. The van der Waals surface area contributed by atoms with Gasteiger partial charge < -0.3 is 14.0 Å². The van der Waals surface area contributed by atoms with Crippen molar-refractivity contribution < 1.29 is 0 Å². The summed E-state index contributed by atoms with van der Waals surface area (Å²) >= 11 is 0. The van der Waals surface area contributed by atoms with Crippen LogP contribution in [0, 0.1) is 0 Å². The van der Waals surface area contributed by atoms with E-state index in [2.05, 4.69) is 348 Å². The maximum atomic E-state index is 2.54. The Hall–Kier alpha value is -11.5. The van der Waals surface area contributed by atoms with Gasteiger partial charge in [0.2, 0.25) is 0 Å². The van der Waals surface area contributed by atoms with Crippen molar-refractivity contribution >= 4 is 60.7 Å². The van der Waals surface area contributed by atoms with Gasteiger partial charge in [0.25, 0.3) is 0 Å². The average molecular weight is 1120 g/mol. The number of para-hydroxylation sites is 4. The van der Waals surface area contributed by atoms with Gasteiger partial charge in [-0.1, -0.05) is 255 Å². The molecule has 410 valence electrons. The van der Waals surface area contributed by atoms with E-state index in [1.54, 1.807) is 0 Å². The molecule has 3 heteroatoms. The van der Waals surface area contributed by atoms with E-state index in [1.807, 2.05) is 0 Å². The third-order valence-corrected chi connectivity index (χ3v) is 18.9. The molecule has 0 bridgehead atoms. The maximum absolute atomic E-state index is 2.54. The minimum absolute atomic E-state index is 0.481. The Bertz CT molecular complexity index is 5380. The summed E-state index contributed by atoms with van der Waals surface area (Å²) in [4.78, 5) is 2.54. The summed E-state index contributed by atoms with van der Waals surface area (Å²) in [6.07, 6.45) is 0. The lowest BCUT2D eigenvalue weighted by Gasteiger charge is -2.30. The highest BCUT2D eigenvalue weighted by molar-refractivity contribution is 6.20. The number of hydrogen-bond donors (Lipinski definition) is 0. The van der Waals surface area contributed by atoms with Gasteiger partial charge in [0, 0.05) is 44.2 Å². The average Bonchev–Trinajstić information content (AvgIpc) is 1.54. The standard InChI is InChI=1S/C85H55N3/c1-5-24-56(25-6-1)58-44-47-64(48-45-58)88-78-42-22-17-35-69(78)70-37-23-43-81(84(70)88)87(77-41-21-16-32-66(77)59-28-9-3-10-29-59)65-53-61(57-26-7-2-8-27-57)52-62(54-65)60-46-50-79-72(55-60)83-80(86(79)63-30-11-4-12-31-63)51-49-76-82(83)71-36-15-20-40-75(71)85(76)73-38-18-13-33-67(73)68-34-14-19-39-74(68)85/h1-55H. The van der Waals surface area contributed by atoms with E-state index >= 15 is 0 Å². The van der Waals surface area contributed by atoms with Crippen molar-refractivity contribution in [3.8, 4) is 78.1 Å². The smallest absolute Gasteiger partial charge is 0.0782 e. The molecule has 16 aromatic rings. The highest BCUT2D eigenvalue weighted by Gasteiger charge is 2.52. The second-order valence-corrected chi connectivity index (χ2v) is 23.5. The minimum Gasteiger partial charge on any atom is -0.309 e. The number of aromatic nitrogens is 2. The highest BCUT2D eigenvalue weighted by Crippen LogP contribution is 2.64. The summed E-state index contributed by atoms with van der Waals surface area (Å²) in [5.41, 5.74) is 29.3. The Kier molecular flexibility index (Phi) is 11.2. The van der Waals surface area contributed by atoms with Gasteiger partial charge in [0.15, 0.2) is 0 Å². The Morgan fingerprint density at radius 1 is 0.250 bits per heavy atom. The zero-order valence-corrected chi connectivity index (χ0v) is 48.1. The number of rotatable bonds is 9. The largest absolute Gasteiger partial charge is 0.309 e. The van der Waals surface area contributed by atoms with Crippen molar-refractivity contribution in [1.82, 2.24) is 9.13 Å². The van der Waals surface area contributed by atoms with Crippen LogP contribution in [0.25, 0.3) is 122 Å². The molecule has 2 aromatic heterocycles. The molecule has 0 radical (unpaired) electrons. The van der Waals surface area contributed by atoms with E-state index in [0.717, 1.165) is 78.4 Å². The molecule has 2 heterocycles. The van der Waals surface area contributed by atoms with Crippen LogP contribution in [-0.4, -0.2) is 9.13 Å². The number of fused-ring (bicyclic) bond motifs is 17. The van der Waals surface area contributed by atoms with E-state index in [0.29, 0.717) is 0 Å². The van der Waals surface area contributed by atoms with Gasteiger partial charge in [-0.3, -0.25) is 0 Å². The van der Waals surface area contributed by atoms with Gasteiger partial charge in [-0.15, -0.1) is 0 Å². The van der Waals surface area contributed by atoms with Gasteiger partial charge in [-0.25, -0.2) is 0 Å². The fraction of sp³-hybridized carbons (Fsp3) is 0.0118. The molecule has 18 rings (SSSR count). The molecule has 0 saturated carbocycles. The molecule has 0 amide bonds. The van der Waals surface area contributed by atoms with Gasteiger partial charge >= 0.3 is 0 Å². The fourth-order valence-corrected chi connectivity index (χ4v) is 15.3. The molecule has 3 nitrogen and oxygen atoms in total. The Balaban J connectivity index is 0.917. The van der Waals surface area contributed by atoms with Crippen molar-refractivity contribution in [3.63, 3.8) is 0 Å². The lowest BCUT2D eigenvalue weighted by Crippen LogP contribution is -2.25. The molecule has 0 N–H and O–H groups in total. The molecule has 14 aromatic carbocycles. The Labute approximate surface area is 511 Å². The zero-order chi connectivity index (χ0) is 57.9. The molecular weight excluding hydrogens is 1060 g/mol. The third kappa shape index (κ3) is 7.38. The normalized spacial score (nSPS) is 12.6. The van der Waals surface area contributed by atoms with E-state index in [-0.39, 0.29) is 0 Å². The van der Waals surface area contributed by atoms with Gasteiger partial charge in [-0.2, -0.15) is 0 Å². The summed E-state index contributed by atoms with van der Waals surface area (Å²) in [7, 11) is 0. The first-order valence-electron chi connectivity index (χ1n) is 30.5. The van der Waals surface area contributed by atoms with E-state index < -0.39 is 5.41 Å². The molecule has 0 fully saturated rings. The van der Waals surface area contributed by atoms with Crippen LogP contribution < -0.4 is 4.90 Å². The van der Waals surface area contributed by atoms with Crippen LogP contribution >= 0.6 is 0 Å². The summed E-state index contributed by atoms with van der Waals surface area (Å²) in [5, 5.41) is 4.86. The first kappa shape index (κ1) is 49.9. The van der Waals surface area contributed by atoms with Crippen molar-refractivity contribution in [2.45, 2.75) is 5.41 Å². The molecule has 2 aliphatic carbocycles. The van der Waals surface area contributed by atoms with Gasteiger partial charge in [0.05, 0.1) is 38.9 Å². The topological polar surface area (TPSA) is 13.1 Å². The van der Waals surface area contributed by atoms with Crippen LogP contribution in [0.15, 0.2) is 334 Å². The maximum Gasteiger partial charge on any atom is 0.0782 e.